The molecule has 1 aromatic heterocycles. The van der Waals surface area contributed by atoms with Gasteiger partial charge in [0, 0.05) is 28.5 Å². The molecule has 1 heterocycles. The average molecular weight is 245 g/mol. The van der Waals surface area contributed by atoms with Crippen LogP contribution in [-0.4, -0.2) is 11.2 Å². The van der Waals surface area contributed by atoms with E-state index in [9.17, 15) is 0 Å². The molecule has 0 atom stereocenters. The summed E-state index contributed by atoms with van der Waals surface area (Å²) in [6.45, 7) is 1.94. The van der Waals surface area contributed by atoms with Gasteiger partial charge in [-0.05, 0) is 43.0 Å². The molecule has 0 aliphatic heterocycles. The Bertz CT molecular complexity index is 509. The largest absolute Gasteiger partial charge is 0.398 e. The maximum atomic E-state index is 5.84. The third kappa shape index (κ3) is 2.91. The van der Waals surface area contributed by atoms with E-state index in [1.807, 2.05) is 25.1 Å². The highest BCUT2D eigenvalue weighted by Gasteiger charge is 1.99. The molecule has 17 heavy (non-hydrogen) atoms. The zero-order chi connectivity index (χ0) is 12.3. The summed E-state index contributed by atoms with van der Waals surface area (Å²) in [6.07, 6.45) is 3.83. The summed E-state index contributed by atoms with van der Waals surface area (Å²) in [5.41, 5.74) is 8.60. The van der Waals surface area contributed by atoms with Crippen molar-refractivity contribution < 1.29 is 0 Å². The molecular formula is C13H15N3S. The Morgan fingerprint density at radius 2 is 1.94 bits per heavy atom. The first-order valence-electron chi connectivity index (χ1n) is 5.32. The lowest BCUT2D eigenvalue weighted by Crippen LogP contribution is -1.97. The van der Waals surface area contributed by atoms with Crippen LogP contribution in [0.25, 0.3) is 0 Å². The predicted molar refractivity (Wildman–Crippen MR) is 74.9 cm³/mol. The second kappa shape index (κ2) is 5.10. The van der Waals surface area contributed by atoms with Crippen molar-refractivity contribution in [3.63, 3.8) is 0 Å². The first kappa shape index (κ1) is 11.8. The highest BCUT2D eigenvalue weighted by Crippen LogP contribution is 2.21. The number of nitrogens with zero attached hydrogens (tertiary/aromatic N) is 1. The van der Waals surface area contributed by atoms with Gasteiger partial charge in [-0.25, -0.2) is 4.98 Å². The normalized spacial score (nSPS) is 10.2. The number of aryl methyl sites for hydroxylation is 1. The van der Waals surface area contributed by atoms with Crippen LogP contribution in [0.3, 0.4) is 0 Å². The smallest absolute Gasteiger partial charge is 0.132 e. The van der Waals surface area contributed by atoms with Gasteiger partial charge in [0.05, 0.1) is 0 Å². The van der Waals surface area contributed by atoms with Crippen LogP contribution in [0.4, 0.5) is 17.2 Å². The van der Waals surface area contributed by atoms with Gasteiger partial charge in [0.25, 0.3) is 0 Å². The van der Waals surface area contributed by atoms with Gasteiger partial charge >= 0.3 is 0 Å². The average Bonchev–Trinajstić information content (AvgIpc) is 2.35. The van der Waals surface area contributed by atoms with Crippen molar-refractivity contribution in [3.05, 3.63) is 42.1 Å². The minimum atomic E-state index is 0.753. The minimum absolute atomic E-state index is 0.753. The number of nitrogens with two attached hydrogens (primary N) is 1. The molecule has 3 N–H and O–H groups in total. The van der Waals surface area contributed by atoms with E-state index in [0.29, 0.717) is 0 Å². The van der Waals surface area contributed by atoms with Crippen LogP contribution in [0.2, 0.25) is 0 Å². The fourth-order valence-corrected chi connectivity index (χ4v) is 1.84. The summed E-state index contributed by atoms with van der Waals surface area (Å²) in [5.74, 6) is 0.769. The number of benzene rings is 1. The first-order valence-corrected chi connectivity index (χ1v) is 6.54. The summed E-state index contributed by atoms with van der Waals surface area (Å²) in [6, 6.07) is 10.1. The monoisotopic (exact) mass is 245 g/mol. The number of rotatable bonds is 3. The van der Waals surface area contributed by atoms with Crippen molar-refractivity contribution in [1.29, 1.82) is 0 Å². The molecule has 0 radical (unpaired) electrons. The van der Waals surface area contributed by atoms with E-state index < -0.39 is 0 Å². The maximum absolute atomic E-state index is 5.84. The molecule has 0 spiro atoms. The van der Waals surface area contributed by atoms with Crippen molar-refractivity contribution in [1.82, 2.24) is 4.98 Å². The van der Waals surface area contributed by atoms with E-state index in [-0.39, 0.29) is 0 Å². The highest BCUT2D eigenvalue weighted by molar-refractivity contribution is 7.98. The Morgan fingerprint density at radius 1 is 1.24 bits per heavy atom. The van der Waals surface area contributed by atoms with Gasteiger partial charge in [0.2, 0.25) is 0 Å². The quantitative estimate of drug-likeness (QED) is 0.813. The molecule has 0 fully saturated rings. The van der Waals surface area contributed by atoms with E-state index in [2.05, 4.69) is 28.7 Å². The highest BCUT2D eigenvalue weighted by atomic mass is 32.2. The summed E-state index contributed by atoms with van der Waals surface area (Å²) in [4.78, 5) is 5.52. The lowest BCUT2D eigenvalue weighted by atomic mass is 10.2. The Morgan fingerprint density at radius 3 is 2.53 bits per heavy atom. The number of nitrogen functional groups attached to an aromatic ring is 1. The van der Waals surface area contributed by atoms with Crippen molar-refractivity contribution >= 4 is 29.0 Å². The second-order valence-corrected chi connectivity index (χ2v) is 4.66. The first-order chi connectivity index (χ1) is 8.19. The van der Waals surface area contributed by atoms with Crippen LogP contribution in [0.1, 0.15) is 5.56 Å². The number of hydrogen-bond acceptors (Lipinski definition) is 4. The van der Waals surface area contributed by atoms with Crippen molar-refractivity contribution in [2.75, 3.05) is 17.3 Å². The number of anilines is 3. The lowest BCUT2D eigenvalue weighted by molar-refractivity contribution is 1.26. The van der Waals surface area contributed by atoms with Gasteiger partial charge in [-0.1, -0.05) is 0 Å². The van der Waals surface area contributed by atoms with Crippen LogP contribution in [0, 0.1) is 6.92 Å². The van der Waals surface area contributed by atoms with Crippen LogP contribution < -0.4 is 11.1 Å². The van der Waals surface area contributed by atoms with Gasteiger partial charge in [-0.3, -0.25) is 0 Å². The van der Waals surface area contributed by atoms with Gasteiger partial charge in [-0.15, -0.1) is 11.8 Å². The predicted octanol–water partition coefficient (Wildman–Crippen LogP) is 3.44. The molecule has 1 aromatic carbocycles. The van der Waals surface area contributed by atoms with Crippen LogP contribution >= 0.6 is 11.8 Å². The van der Waals surface area contributed by atoms with E-state index in [0.717, 1.165) is 22.8 Å². The number of thioether (sulfide) groups is 1. The molecule has 0 saturated carbocycles. The van der Waals surface area contributed by atoms with Crippen molar-refractivity contribution in [3.8, 4) is 0 Å². The Hall–Kier alpha value is -1.68. The Kier molecular flexibility index (Phi) is 3.54. The molecule has 2 aromatic rings. The molecule has 0 bridgehead atoms. The molecule has 0 aliphatic carbocycles. The molecule has 4 heteroatoms. The minimum Gasteiger partial charge on any atom is -0.398 e. The SMILES string of the molecule is CSc1ccc(Nc2cc(N)c(C)cn2)cc1. The summed E-state index contributed by atoms with van der Waals surface area (Å²) < 4.78 is 0. The third-order valence-corrected chi connectivity index (χ3v) is 3.25. The third-order valence-electron chi connectivity index (χ3n) is 2.51. The fraction of sp³-hybridized carbons (Fsp3) is 0.154. The van der Waals surface area contributed by atoms with Crippen LogP contribution in [0.15, 0.2) is 41.4 Å². The standard InChI is InChI=1S/C13H15N3S/c1-9-8-15-13(7-12(9)14)16-10-3-5-11(17-2)6-4-10/h3-8H,1-2H3,(H3,14,15,16). The van der Waals surface area contributed by atoms with E-state index in [1.165, 1.54) is 4.90 Å². The Labute approximate surface area is 105 Å². The van der Waals surface area contributed by atoms with Crippen LogP contribution in [-0.2, 0) is 0 Å². The summed E-state index contributed by atoms with van der Waals surface area (Å²) in [7, 11) is 0. The van der Waals surface area contributed by atoms with Crippen molar-refractivity contribution in [2.24, 2.45) is 0 Å². The van der Waals surface area contributed by atoms with E-state index >= 15 is 0 Å². The van der Waals surface area contributed by atoms with Crippen molar-refractivity contribution in [2.45, 2.75) is 11.8 Å². The van der Waals surface area contributed by atoms with Gasteiger partial charge in [0.15, 0.2) is 0 Å². The molecule has 0 saturated heterocycles. The number of hydrogen-bond donors (Lipinski definition) is 2. The van der Waals surface area contributed by atoms with Crippen LogP contribution in [0.5, 0.6) is 0 Å². The van der Waals surface area contributed by atoms with Gasteiger partial charge < -0.3 is 11.1 Å². The van der Waals surface area contributed by atoms with Gasteiger partial charge in [0.1, 0.15) is 5.82 Å². The topological polar surface area (TPSA) is 50.9 Å². The molecular weight excluding hydrogens is 230 g/mol. The second-order valence-electron chi connectivity index (χ2n) is 3.78. The van der Waals surface area contributed by atoms with E-state index in [4.69, 9.17) is 5.73 Å². The number of pyridine rings is 1. The Balaban J connectivity index is 2.16. The lowest BCUT2D eigenvalue weighted by Gasteiger charge is -2.07. The molecule has 0 unspecified atom stereocenters. The molecule has 0 amide bonds. The summed E-state index contributed by atoms with van der Waals surface area (Å²) >= 11 is 1.72. The molecule has 2 rings (SSSR count). The summed E-state index contributed by atoms with van der Waals surface area (Å²) in [5, 5.41) is 3.22. The number of nitrogens with one attached hydrogen (secondary N) is 1. The number of aromatic nitrogens is 1. The molecule has 88 valence electrons. The van der Waals surface area contributed by atoms with Gasteiger partial charge in [-0.2, -0.15) is 0 Å². The maximum Gasteiger partial charge on any atom is 0.132 e. The molecule has 0 aliphatic rings. The van der Waals surface area contributed by atoms with E-state index in [1.54, 1.807) is 18.0 Å². The fourth-order valence-electron chi connectivity index (χ4n) is 1.43. The zero-order valence-corrected chi connectivity index (χ0v) is 10.7. The molecule has 3 nitrogen and oxygen atoms in total. The zero-order valence-electron chi connectivity index (χ0n) is 9.90.